The Labute approximate surface area is 84.2 Å². The van der Waals surface area contributed by atoms with Gasteiger partial charge in [-0.25, -0.2) is 0 Å². The molecule has 0 aliphatic heterocycles. The van der Waals surface area contributed by atoms with Gasteiger partial charge in [0.2, 0.25) is 5.91 Å². The molecule has 2 nitrogen and oxygen atoms in total. The topological polar surface area (TPSA) is 20.3 Å². The van der Waals surface area contributed by atoms with Crippen molar-refractivity contribution in [2.75, 3.05) is 7.05 Å². The molecule has 2 aliphatic carbocycles. The number of carbonyl (C=O) groups is 1. The van der Waals surface area contributed by atoms with Crippen molar-refractivity contribution in [3.63, 3.8) is 0 Å². The average Bonchev–Trinajstić information content (AvgIpc) is 2.62. The second-order valence-electron chi connectivity index (χ2n) is 4.40. The monoisotopic (exact) mass is 201 g/mol. The quantitative estimate of drug-likeness (QED) is 0.594. The summed E-state index contributed by atoms with van der Waals surface area (Å²) in [5.41, 5.74) is 0. The molecule has 0 spiro atoms. The number of fused-ring (bicyclic) bond motifs is 2. The number of alkyl halides is 1. The molecule has 0 heterocycles. The van der Waals surface area contributed by atoms with Crippen LogP contribution in [0.25, 0.3) is 0 Å². The summed E-state index contributed by atoms with van der Waals surface area (Å²) in [5.74, 6) is 1.48. The third-order valence-corrected chi connectivity index (χ3v) is 4.33. The van der Waals surface area contributed by atoms with E-state index in [1.54, 1.807) is 6.92 Å². The van der Waals surface area contributed by atoms with Gasteiger partial charge in [0.1, 0.15) is 0 Å². The van der Waals surface area contributed by atoms with E-state index in [0.717, 1.165) is 0 Å². The van der Waals surface area contributed by atoms with Crippen molar-refractivity contribution >= 4 is 17.5 Å². The smallest absolute Gasteiger partial charge is 0.219 e. The highest BCUT2D eigenvalue weighted by molar-refractivity contribution is 6.21. The van der Waals surface area contributed by atoms with E-state index in [2.05, 4.69) is 0 Å². The van der Waals surface area contributed by atoms with Crippen molar-refractivity contribution in [1.29, 1.82) is 0 Å². The fourth-order valence-electron chi connectivity index (χ4n) is 2.93. The fraction of sp³-hybridized carbons (Fsp3) is 0.900. The van der Waals surface area contributed by atoms with Crippen molar-refractivity contribution in [2.45, 2.75) is 37.6 Å². The van der Waals surface area contributed by atoms with Crippen LogP contribution in [0.3, 0.4) is 0 Å². The number of halogens is 1. The molecule has 74 valence electrons. The Hall–Kier alpha value is -0.240. The normalized spacial score (nSPS) is 42.4. The van der Waals surface area contributed by atoms with E-state index < -0.39 is 0 Å². The Morgan fingerprint density at radius 3 is 2.46 bits per heavy atom. The summed E-state index contributed by atoms with van der Waals surface area (Å²) >= 11 is 6.32. The zero-order valence-corrected chi connectivity index (χ0v) is 8.92. The van der Waals surface area contributed by atoms with E-state index in [4.69, 9.17) is 11.6 Å². The van der Waals surface area contributed by atoms with Crippen LogP contribution >= 0.6 is 11.6 Å². The predicted octanol–water partition coefficient (Wildman–Crippen LogP) is 1.87. The minimum Gasteiger partial charge on any atom is -0.341 e. The van der Waals surface area contributed by atoms with E-state index in [1.165, 1.54) is 19.3 Å². The summed E-state index contributed by atoms with van der Waals surface area (Å²) < 4.78 is 0. The molecule has 3 heteroatoms. The molecule has 2 saturated carbocycles. The Balaban J connectivity index is 2.11. The van der Waals surface area contributed by atoms with Gasteiger partial charge in [-0.1, -0.05) is 0 Å². The number of nitrogens with zero attached hydrogens (tertiary/aromatic N) is 1. The molecule has 2 fully saturated rings. The van der Waals surface area contributed by atoms with Gasteiger partial charge in [0.25, 0.3) is 0 Å². The van der Waals surface area contributed by atoms with Gasteiger partial charge in [-0.3, -0.25) is 4.79 Å². The molecule has 4 atom stereocenters. The summed E-state index contributed by atoms with van der Waals surface area (Å²) in [7, 11) is 1.88. The lowest BCUT2D eigenvalue weighted by molar-refractivity contribution is -0.130. The van der Waals surface area contributed by atoms with Gasteiger partial charge in [-0.15, -0.1) is 11.6 Å². The van der Waals surface area contributed by atoms with Crippen molar-refractivity contribution in [2.24, 2.45) is 11.8 Å². The Morgan fingerprint density at radius 1 is 1.38 bits per heavy atom. The summed E-state index contributed by atoms with van der Waals surface area (Å²) in [6.45, 7) is 1.62. The Morgan fingerprint density at radius 2 is 2.00 bits per heavy atom. The van der Waals surface area contributed by atoms with Crippen LogP contribution in [0, 0.1) is 11.8 Å². The number of hydrogen-bond donors (Lipinski definition) is 0. The Bertz CT molecular complexity index is 229. The highest BCUT2D eigenvalue weighted by Crippen LogP contribution is 2.48. The molecule has 0 aromatic rings. The number of carbonyl (C=O) groups excluding carboxylic acids is 1. The number of amides is 1. The summed E-state index contributed by atoms with van der Waals surface area (Å²) in [6, 6.07) is 0.304. The third-order valence-electron chi connectivity index (χ3n) is 3.72. The molecule has 1 amide bonds. The van der Waals surface area contributed by atoms with Crippen LogP contribution in [-0.4, -0.2) is 29.3 Å². The SMILES string of the molecule is CC(=O)N(C)C1C2CCC(C2)C1Cl. The zero-order valence-electron chi connectivity index (χ0n) is 8.16. The van der Waals surface area contributed by atoms with E-state index in [-0.39, 0.29) is 11.3 Å². The molecule has 2 aliphatic rings. The first kappa shape index (κ1) is 9.32. The first-order chi connectivity index (χ1) is 6.11. The molecule has 0 saturated heterocycles. The lowest BCUT2D eigenvalue weighted by Gasteiger charge is -2.34. The van der Waals surface area contributed by atoms with E-state index >= 15 is 0 Å². The van der Waals surface area contributed by atoms with Crippen LogP contribution in [0.2, 0.25) is 0 Å². The maximum absolute atomic E-state index is 11.2. The van der Waals surface area contributed by atoms with E-state index in [9.17, 15) is 4.79 Å². The van der Waals surface area contributed by atoms with Gasteiger partial charge < -0.3 is 4.90 Å². The molecule has 4 unspecified atom stereocenters. The van der Waals surface area contributed by atoms with Crippen molar-refractivity contribution in [1.82, 2.24) is 4.90 Å². The highest BCUT2D eigenvalue weighted by atomic mass is 35.5. The number of rotatable bonds is 1. The Kier molecular flexibility index (Phi) is 2.26. The molecule has 0 aromatic carbocycles. The first-order valence-corrected chi connectivity index (χ1v) is 5.42. The number of hydrogen-bond acceptors (Lipinski definition) is 1. The first-order valence-electron chi connectivity index (χ1n) is 4.98. The molecule has 2 rings (SSSR count). The predicted molar refractivity (Wildman–Crippen MR) is 52.7 cm³/mol. The van der Waals surface area contributed by atoms with Crippen molar-refractivity contribution in [3.8, 4) is 0 Å². The van der Waals surface area contributed by atoms with Gasteiger partial charge in [-0.2, -0.15) is 0 Å². The lowest BCUT2D eigenvalue weighted by atomic mass is 9.94. The highest BCUT2D eigenvalue weighted by Gasteiger charge is 2.48. The summed E-state index contributed by atoms with van der Waals surface area (Å²) in [5, 5.41) is 0.202. The van der Waals surface area contributed by atoms with Gasteiger partial charge in [0.15, 0.2) is 0 Å². The maximum Gasteiger partial charge on any atom is 0.219 e. The molecular weight excluding hydrogens is 186 g/mol. The minimum atomic E-state index is 0.142. The molecule has 0 radical (unpaired) electrons. The molecule has 0 aromatic heterocycles. The van der Waals surface area contributed by atoms with Crippen LogP contribution < -0.4 is 0 Å². The third kappa shape index (κ3) is 1.35. The van der Waals surface area contributed by atoms with Gasteiger partial charge >= 0.3 is 0 Å². The summed E-state index contributed by atoms with van der Waals surface area (Å²) in [4.78, 5) is 13.1. The standard InChI is InChI=1S/C10H16ClNO/c1-6(13)12(2)10-8-4-3-7(5-8)9(10)11/h7-10H,3-5H2,1-2H3. The van der Waals surface area contributed by atoms with E-state index in [1.807, 2.05) is 11.9 Å². The maximum atomic E-state index is 11.2. The van der Waals surface area contributed by atoms with Crippen LogP contribution in [0.5, 0.6) is 0 Å². The second-order valence-corrected chi connectivity index (χ2v) is 4.90. The van der Waals surface area contributed by atoms with E-state index in [0.29, 0.717) is 17.9 Å². The van der Waals surface area contributed by atoms with Crippen LogP contribution in [0.4, 0.5) is 0 Å². The van der Waals surface area contributed by atoms with Crippen LogP contribution in [0.15, 0.2) is 0 Å². The summed E-state index contributed by atoms with van der Waals surface area (Å²) in [6.07, 6.45) is 3.76. The lowest BCUT2D eigenvalue weighted by Crippen LogP contribution is -2.45. The fourth-order valence-corrected chi connectivity index (χ4v) is 3.53. The second kappa shape index (κ2) is 3.16. The average molecular weight is 202 g/mol. The van der Waals surface area contributed by atoms with Crippen LogP contribution in [-0.2, 0) is 4.79 Å². The van der Waals surface area contributed by atoms with Gasteiger partial charge in [-0.05, 0) is 31.1 Å². The van der Waals surface area contributed by atoms with Crippen molar-refractivity contribution < 1.29 is 4.79 Å². The van der Waals surface area contributed by atoms with Gasteiger partial charge in [0, 0.05) is 14.0 Å². The molecular formula is C10H16ClNO. The molecule has 2 bridgehead atoms. The zero-order chi connectivity index (χ0) is 9.59. The molecule has 13 heavy (non-hydrogen) atoms. The van der Waals surface area contributed by atoms with Crippen molar-refractivity contribution in [3.05, 3.63) is 0 Å². The molecule has 0 N–H and O–H groups in total. The minimum absolute atomic E-state index is 0.142. The largest absolute Gasteiger partial charge is 0.341 e. The van der Waals surface area contributed by atoms with Crippen LogP contribution in [0.1, 0.15) is 26.2 Å². The van der Waals surface area contributed by atoms with Gasteiger partial charge in [0.05, 0.1) is 11.4 Å².